The van der Waals surface area contributed by atoms with Crippen LogP contribution in [0.4, 0.5) is 22.7 Å². The number of azo groups is 2. The van der Waals surface area contributed by atoms with Crippen molar-refractivity contribution in [1.29, 1.82) is 0 Å². The van der Waals surface area contributed by atoms with Gasteiger partial charge in [0.25, 0.3) is 11.8 Å². The van der Waals surface area contributed by atoms with Gasteiger partial charge >= 0.3 is 0 Å². The van der Waals surface area contributed by atoms with Gasteiger partial charge in [0, 0.05) is 21.4 Å². The predicted octanol–water partition coefficient (Wildman–Crippen LogP) is 9.94. The first-order valence-corrected chi connectivity index (χ1v) is 15.8. The zero-order chi connectivity index (χ0) is 35.1. The van der Waals surface area contributed by atoms with Gasteiger partial charge in [-0.05, 0) is 111 Å². The monoisotopic (exact) mass is 724 g/mol. The minimum absolute atomic E-state index is 0.230. The lowest BCUT2D eigenvalue weighted by atomic mass is 9.99. The number of halogens is 4. The van der Waals surface area contributed by atoms with Crippen LogP contribution in [0.3, 0.4) is 0 Å². The van der Waals surface area contributed by atoms with E-state index in [2.05, 4.69) is 31.1 Å². The molecule has 0 aliphatic rings. The number of carbonyl (C=O) groups excluding carboxylic acids is 4. The normalized spacial score (nSPS) is 12.6. The number of rotatable bonds is 11. The van der Waals surface area contributed by atoms with E-state index in [9.17, 15) is 19.2 Å². The minimum Gasteiger partial charge on any atom is -0.324 e. The minimum atomic E-state index is -1.39. The van der Waals surface area contributed by atoms with Crippen LogP contribution in [-0.2, 0) is 19.2 Å². The molecule has 0 spiro atoms. The fraction of sp³-hybridized carbons (Fsp3) is 0.176. The molecule has 4 aromatic rings. The van der Waals surface area contributed by atoms with Crippen LogP contribution in [0.5, 0.6) is 0 Å². The van der Waals surface area contributed by atoms with Gasteiger partial charge in [-0.2, -0.15) is 20.5 Å². The molecule has 0 fully saturated rings. The van der Waals surface area contributed by atoms with Crippen LogP contribution in [0.2, 0.25) is 20.1 Å². The highest BCUT2D eigenvalue weighted by Gasteiger charge is 2.25. The summed E-state index contributed by atoms with van der Waals surface area (Å²) in [6.45, 7) is 6.12. The van der Waals surface area contributed by atoms with Gasteiger partial charge in [-0.25, -0.2) is 0 Å². The number of benzene rings is 4. The molecule has 0 unspecified atom stereocenters. The summed E-state index contributed by atoms with van der Waals surface area (Å²) in [5.74, 6) is -2.30. The van der Waals surface area contributed by atoms with Crippen molar-refractivity contribution in [3.63, 3.8) is 0 Å². The number of carbonyl (C=O) groups is 4. The predicted molar refractivity (Wildman–Crippen MR) is 190 cm³/mol. The third kappa shape index (κ3) is 9.32. The van der Waals surface area contributed by atoms with Crippen LogP contribution in [0.1, 0.15) is 25.0 Å². The molecule has 0 saturated heterocycles. The number of Topliss-reactive ketones (excluding diaryl/α,β-unsaturated/α-hetero) is 2. The topological polar surface area (TPSA) is 142 Å². The van der Waals surface area contributed by atoms with E-state index in [1.54, 1.807) is 24.3 Å². The Bertz CT molecular complexity index is 1840. The van der Waals surface area contributed by atoms with Crippen LogP contribution >= 0.6 is 46.4 Å². The quantitative estimate of drug-likeness (QED) is 0.117. The van der Waals surface area contributed by atoms with Crippen molar-refractivity contribution in [3.05, 3.63) is 104 Å². The van der Waals surface area contributed by atoms with Crippen molar-refractivity contribution in [2.24, 2.45) is 20.5 Å². The summed E-state index contributed by atoms with van der Waals surface area (Å²) in [4.78, 5) is 50.5. The van der Waals surface area contributed by atoms with Crippen molar-refractivity contribution in [2.45, 2.75) is 39.8 Å². The molecule has 0 aliphatic carbocycles. The molecular formula is C34H28Cl4N6O4. The Balaban J connectivity index is 1.46. The van der Waals surface area contributed by atoms with E-state index < -0.39 is 35.5 Å². The summed E-state index contributed by atoms with van der Waals surface area (Å²) in [5.41, 5.74) is 4.64. The van der Waals surface area contributed by atoms with E-state index in [1.165, 1.54) is 38.1 Å². The summed E-state index contributed by atoms with van der Waals surface area (Å²) >= 11 is 24.1. The summed E-state index contributed by atoms with van der Waals surface area (Å²) in [5, 5.41) is 22.6. The molecule has 0 heterocycles. The molecule has 48 heavy (non-hydrogen) atoms. The van der Waals surface area contributed by atoms with Crippen LogP contribution in [0.15, 0.2) is 93.3 Å². The van der Waals surface area contributed by atoms with E-state index in [1.807, 2.05) is 38.1 Å². The first-order valence-electron chi connectivity index (χ1n) is 14.3. The average molecular weight is 726 g/mol. The number of hydrogen-bond acceptors (Lipinski definition) is 8. The summed E-state index contributed by atoms with van der Waals surface area (Å²) in [7, 11) is 0. The van der Waals surface area contributed by atoms with Crippen LogP contribution in [0, 0.1) is 13.8 Å². The molecule has 14 heteroatoms. The SMILES string of the molecule is CC(=O)[C@@H](N=Nc1ccc(Cl)cc1Cl)C(=O)Nc1ccc(-c2ccc(NC(=O)[C@@H](N=Nc3ccc(Cl)cc3Cl)C(C)=O)c(C)c2)cc1C. The number of aryl methyl sites for hydroxylation is 2. The van der Waals surface area contributed by atoms with Crippen LogP contribution in [0.25, 0.3) is 11.1 Å². The Morgan fingerprint density at radius 2 is 0.938 bits per heavy atom. The Hall–Kier alpha value is -4.48. The lowest BCUT2D eigenvalue weighted by Gasteiger charge is -2.15. The molecule has 0 bridgehead atoms. The molecule has 2 amide bonds. The summed E-state index contributed by atoms with van der Waals surface area (Å²) in [6, 6.07) is 17.2. The average Bonchev–Trinajstić information content (AvgIpc) is 3.01. The highest BCUT2D eigenvalue weighted by Crippen LogP contribution is 2.31. The summed E-state index contributed by atoms with van der Waals surface area (Å²) < 4.78 is 0. The Morgan fingerprint density at radius 3 is 1.25 bits per heavy atom. The second-order valence-corrected chi connectivity index (χ2v) is 12.4. The van der Waals surface area contributed by atoms with Gasteiger partial charge < -0.3 is 10.6 Å². The number of ketones is 2. The number of amides is 2. The second kappa shape index (κ2) is 16.1. The van der Waals surface area contributed by atoms with Gasteiger partial charge in [0.05, 0.1) is 10.0 Å². The molecular weight excluding hydrogens is 698 g/mol. The maximum atomic E-state index is 13.0. The van der Waals surface area contributed by atoms with Crippen molar-refractivity contribution < 1.29 is 19.2 Å². The highest BCUT2D eigenvalue weighted by atomic mass is 35.5. The number of anilines is 2. The van der Waals surface area contributed by atoms with E-state index in [0.717, 1.165) is 22.3 Å². The molecule has 4 rings (SSSR count). The molecule has 246 valence electrons. The van der Waals surface area contributed by atoms with Gasteiger partial charge in [-0.3, -0.25) is 19.2 Å². The fourth-order valence-corrected chi connectivity index (χ4v) is 5.26. The Labute approximate surface area is 296 Å². The number of hydrogen-bond donors (Lipinski definition) is 2. The standard InChI is InChI=1S/C34H28Cl4N6O4/c1-17-13-21(5-9-27(17)39-33(47)31(19(3)45)43-41-29-11-7-23(35)15-25(29)37)22-6-10-28(18(2)14-22)40-34(48)32(20(4)46)44-42-30-12-8-24(36)16-26(30)38/h5-16,31-32H,1-4H3,(H,39,47)(H,40,48)/t31-,32+. The van der Waals surface area contributed by atoms with Gasteiger partial charge in [0.2, 0.25) is 12.1 Å². The van der Waals surface area contributed by atoms with Gasteiger partial charge in [0.15, 0.2) is 11.6 Å². The van der Waals surface area contributed by atoms with E-state index in [-0.39, 0.29) is 21.4 Å². The van der Waals surface area contributed by atoms with Crippen molar-refractivity contribution in [3.8, 4) is 11.1 Å². The lowest BCUT2D eigenvalue weighted by Crippen LogP contribution is -2.32. The molecule has 0 radical (unpaired) electrons. The number of nitrogens with one attached hydrogen (secondary N) is 2. The Kier molecular flexibility index (Phi) is 12.2. The van der Waals surface area contributed by atoms with Crippen molar-refractivity contribution >= 4 is 92.5 Å². The third-order valence-electron chi connectivity index (χ3n) is 6.95. The fourth-order valence-electron chi connectivity index (χ4n) is 4.37. The van der Waals surface area contributed by atoms with E-state index in [4.69, 9.17) is 46.4 Å². The lowest BCUT2D eigenvalue weighted by molar-refractivity contribution is -0.127. The van der Waals surface area contributed by atoms with Crippen molar-refractivity contribution in [2.75, 3.05) is 10.6 Å². The van der Waals surface area contributed by atoms with Gasteiger partial charge in [-0.1, -0.05) is 58.5 Å². The molecule has 2 N–H and O–H groups in total. The summed E-state index contributed by atoms with van der Waals surface area (Å²) in [6.07, 6.45) is 0. The van der Waals surface area contributed by atoms with Gasteiger partial charge in [0.1, 0.15) is 11.4 Å². The van der Waals surface area contributed by atoms with Gasteiger partial charge in [-0.15, -0.1) is 0 Å². The maximum Gasteiger partial charge on any atom is 0.258 e. The second-order valence-electron chi connectivity index (χ2n) is 10.7. The molecule has 10 nitrogen and oxygen atoms in total. The first-order chi connectivity index (χ1) is 22.7. The molecule has 2 atom stereocenters. The van der Waals surface area contributed by atoms with Crippen LogP contribution in [-0.4, -0.2) is 35.5 Å². The first kappa shape index (κ1) is 36.4. The van der Waals surface area contributed by atoms with Crippen LogP contribution < -0.4 is 10.6 Å². The smallest absolute Gasteiger partial charge is 0.258 e. The largest absolute Gasteiger partial charge is 0.324 e. The third-order valence-corrected chi connectivity index (χ3v) is 8.03. The zero-order valence-electron chi connectivity index (χ0n) is 26.0. The van der Waals surface area contributed by atoms with E-state index in [0.29, 0.717) is 21.4 Å². The number of nitrogens with zero attached hydrogens (tertiary/aromatic N) is 4. The molecule has 0 aliphatic heterocycles. The molecule has 4 aromatic carbocycles. The Morgan fingerprint density at radius 1 is 0.562 bits per heavy atom. The zero-order valence-corrected chi connectivity index (χ0v) is 29.0. The van der Waals surface area contributed by atoms with E-state index >= 15 is 0 Å². The highest BCUT2D eigenvalue weighted by molar-refractivity contribution is 6.36. The molecule has 0 saturated carbocycles. The maximum absolute atomic E-state index is 13.0. The van der Waals surface area contributed by atoms with Crippen molar-refractivity contribution in [1.82, 2.24) is 0 Å². The molecule has 0 aromatic heterocycles.